The Kier molecular flexibility index (Phi) is 5.71. The van der Waals surface area contributed by atoms with Crippen LogP contribution >= 0.6 is 0 Å². The van der Waals surface area contributed by atoms with Crippen molar-refractivity contribution in [3.8, 4) is 5.75 Å². The molecule has 0 saturated carbocycles. The Hall–Kier alpha value is -3.35. The van der Waals surface area contributed by atoms with Gasteiger partial charge in [-0.3, -0.25) is 14.4 Å². The highest BCUT2D eigenvalue weighted by molar-refractivity contribution is 6.00. The Morgan fingerprint density at radius 2 is 1.78 bits per heavy atom. The fourth-order valence-electron chi connectivity index (χ4n) is 2.86. The highest BCUT2D eigenvalue weighted by atomic mass is 16.5. The van der Waals surface area contributed by atoms with E-state index in [0.29, 0.717) is 30.0 Å². The lowest BCUT2D eigenvalue weighted by atomic mass is 10.2. The molecule has 7 nitrogen and oxygen atoms in total. The average molecular weight is 367 g/mol. The maximum Gasteiger partial charge on any atom is 0.251 e. The maximum absolute atomic E-state index is 12.2. The molecule has 1 fully saturated rings. The molecule has 1 saturated heterocycles. The van der Waals surface area contributed by atoms with Crippen molar-refractivity contribution in [2.75, 3.05) is 30.4 Å². The summed E-state index contributed by atoms with van der Waals surface area (Å²) in [4.78, 5) is 37.6. The summed E-state index contributed by atoms with van der Waals surface area (Å²) >= 11 is 0. The van der Waals surface area contributed by atoms with Crippen LogP contribution in [0.2, 0.25) is 0 Å². The third-order valence-electron chi connectivity index (χ3n) is 4.30. The fraction of sp³-hybridized carbons (Fsp3) is 0.250. The van der Waals surface area contributed by atoms with Crippen LogP contribution in [0.3, 0.4) is 0 Å². The summed E-state index contributed by atoms with van der Waals surface area (Å²) in [6.07, 6.45) is 1.41. The van der Waals surface area contributed by atoms with Crippen molar-refractivity contribution in [1.29, 1.82) is 0 Å². The van der Waals surface area contributed by atoms with Gasteiger partial charge in [-0.15, -0.1) is 0 Å². The summed E-state index contributed by atoms with van der Waals surface area (Å²) in [5.74, 6) is 0.120. The summed E-state index contributed by atoms with van der Waals surface area (Å²) in [5.41, 5.74) is 1.84. The van der Waals surface area contributed by atoms with Gasteiger partial charge in [0.05, 0.1) is 13.7 Å². The van der Waals surface area contributed by atoms with E-state index in [1.54, 1.807) is 60.5 Å². The summed E-state index contributed by atoms with van der Waals surface area (Å²) in [6, 6.07) is 13.7. The third kappa shape index (κ3) is 4.63. The van der Waals surface area contributed by atoms with E-state index in [1.165, 1.54) is 0 Å². The van der Waals surface area contributed by atoms with E-state index in [-0.39, 0.29) is 24.3 Å². The second kappa shape index (κ2) is 8.35. The number of benzene rings is 2. The smallest absolute Gasteiger partial charge is 0.251 e. The van der Waals surface area contributed by atoms with Gasteiger partial charge in [-0.2, -0.15) is 0 Å². The second-order valence-corrected chi connectivity index (χ2v) is 6.16. The Morgan fingerprint density at radius 3 is 2.37 bits per heavy atom. The van der Waals surface area contributed by atoms with Gasteiger partial charge < -0.3 is 20.3 Å². The van der Waals surface area contributed by atoms with E-state index in [2.05, 4.69) is 10.6 Å². The van der Waals surface area contributed by atoms with Crippen molar-refractivity contribution in [2.45, 2.75) is 12.8 Å². The number of ether oxygens (including phenoxy) is 1. The minimum atomic E-state index is -0.348. The van der Waals surface area contributed by atoms with Gasteiger partial charge in [0.15, 0.2) is 0 Å². The topological polar surface area (TPSA) is 87.7 Å². The molecule has 0 spiro atoms. The SMILES string of the molecule is COc1ccc(NC(=O)CNC(=O)c2ccc(N3CCCC3=O)cc2)cc1. The van der Waals surface area contributed by atoms with Crippen LogP contribution in [0.4, 0.5) is 11.4 Å². The summed E-state index contributed by atoms with van der Waals surface area (Å²) in [7, 11) is 1.57. The van der Waals surface area contributed by atoms with Crippen molar-refractivity contribution in [3.05, 3.63) is 54.1 Å². The first-order chi connectivity index (χ1) is 13.1. The first kappa shape index (κ1) is 18.4. The Bertz CT molecular complexity index is 831. The molecule has 0 aromatic heterocycles. The first-order valence-corrected chi connectivity index (χ1v) is 8.69. The maximum atomic E-state index is 12.2. The molecule has 140 valence electrons. The van der Waals surface area contributed by atoms with Gasteiger partial charge >= 0.3 is 0 Å². The molecule has 3 amide bonds. The zero-order valence-electron chi connectivity index (χ0n) is 15.0. The molecular formula is C20H21N3O4. The molecule has 2 N–H and O–H groups in total. The van der Waals surface area contributed by atoms with E-state index in [9.17, 15) is 14.4 Å². The number of carbonyl (C=O) groups is 3. The minimum Gasteiger partial charge on any atom is -0.497 e. The normalized spacial score (nSPS) is 13.4. The zero-order chi connectivity index (χ0) is 19.2. The van der Waals surface area contributed by atoms with Crippen LogP contribution in [0.5, 0.6) is 5.75 Å². The number of methoxy groups -OCH3 is 1. The van der Waals surface area contributed by atoms with Crippen LogP contribution in [0.15, 0.2) is 48.5 Å². The Labute approximate surface area is 157 Å². The first-order valence-electron chi connectivity index (χ1n) is 8.69. The summed E-state index contributed by atoms with van der Waals surface area (Å²) in [5, 5.41) is 5.28. The Balaban J connectivity index is 1.50. The van der Waals surface area contributed by atoms with Crippen LogP contribution in [0, 0.1) is 0 Å². The van der Waals surface area contributed by atoms with E-state index in [1.807, 2.05) is 0 Å². The van der Waals surface area contributed by atoms with Crippen LogP contribution in [-0.4, -0.2) is 37.9 Å². The second-order valence-electron chi connectivity index (χ2n) is 6.16. The lowest BCUT2D eigenvalue weighted by Crippen LogP contribution is -2.32. The van der Waals surface area contributed by atoms with Crippen LogP contribution in [0.25, 0.3) is 0 Å². The van der Waals surface area contributed by atoms with Gasteiger partial charge in [0, 0.05) is 29.9 Å². The van der Waals surface area contributed by atoms with Gasteiger partial charge in [-0.05, 0) is 55.0 Å². The monoisotopic (exact) mass is 367 g/mol. The average Bonchev–Trinajstić information content (AvgIpc) is 3.13. The van der Waals surface area contributed by atoms with Crippen molar-refractivity contribution in [3.63, 3.8) is 0 Å². The van der Waals surface area contributed by atoms with E-state index in [4.69, 9.17) is 4.74 Å². The summed E-state index contributed by atoms with van der Waals surface area (Å²) < 4.78 is 5.06. The number of nitrogens with zero attached hydrogens (tertiary/aromatic N) is 1. The minimum absolute atomic E-state index is 0.0994. The quantitative estimate of drug-likeness (QED) is 0.819. The number of hydrogen-bond donors (Lipinski definition) is 2. The van der Waals surface area contributed by atoms with Crippen LogP contribution in [0.1, 0.15) is 23.2 Å². The number of nitrogens with one attached hydrogen (secondary N) is 2. The highest BCUT2D eigenvalue weighted by Gasteiger charge is 2.21. The largest absolute Gasteiger partial charge is 0.497 e. The molecule has 1 aliphatic heterocycles. The predicted octanol–water partition coefficient (Wildman–Crippen LogP) is 2.19. The molecule has 2 aromatic rings. The van der Waals surface area contributed by atoms with Crippen molar-refractivity contribution in [1.82, 2.24) is 5.32 Å². The molecular weight excluding hydrogens is 346 g/mol. The molecule has 0 atom stereocenters. The van der Waals surface area contributed by atoms with Crippen LogP contribution < -0.4 is 20.3 Å². The molecule has 0 bridgehead atoms. The van der Waals surface area contributed by atoms with E-state index >= 15 is 0 Å². The van der Waals surface area contributed by atoms with Gasteiger partial charge in [0.1, 0.15) is 5.75 Å². The van der Waals surface area contributed by atoms with Crippen molar-refractivity contribution < 1.29 is 19.1 Å². The van der Waals surface area contributed by atoms with Gasteiger partial charge in [-0.1, -0.05) is 0 Å². The molecule has 7 heteroatoms. The van der Waals surface area contributed by atoms with Crippen LogP contribution in [-0.2, 0) is 9.59 Å². The fourth-order valence-corrected chi connectivity index (χ4v) is 2.86. The van der Waals surface area contributed by atoms with Gasteiger partial charge in [0.25, 0.3) is 5.91 Å². The standard InChI is InChI=1S/C20H21N3O4/c1-27-17-10-6-15(7-11-17)22-18(24)13-21-20(26)14-4-8-16(9-5-14)23-12-2-3-19(23)25/h4-11H,2-3,12-13H2,1H3,(H,21,26)(H,22,24). The molecule has 0 unspecified atom stereocenters. The van der Waals surface area contributed by atoms with E-state index in [0.717, 1.165) is 12.1 Å². The predicted molar refractivity (Wildman–Crippen MR) is 102 cm³/mol. The molecule has 3 rings (SSSR count). The number of amides is 3. The van der Waals surface area contributed by atoms with E-state index < -0.39 is 0 Å². The summed E-state index contributed by atoms with van der Waals surface area (Å²) in [6.45, 7) is 0.563. The lowest BCUT2D eigenvalue weighted by Gasteiger charge is -2.15. The number of carbonyl (C=O) groups excluding carboxylic acids is 3. The molecule has 1 heterocycles. The number of hydrogen-bond acceptors (Lipinski definition) is 4. The number of rotatable bonds is 6. The Morgan fingerprint density at radius 1 is 1.07 bits per heavy atom. The zero-order valence-corrected chi connectivity index (χ0v) is 15.0. The van der Waals surface area contributed by atoms with Gasteiger partial charge in [-0.25, -0.2) is 0 Å². The number of anilines is 2. The molecule has 0 aliphatic carbocycles. The van der Waals surface area contributed by atoms with Gasteiger partial charge in [0.2, 0.25) is 11.8 Å². The lowest BCUT2D eigenvalue weighted by molar-refractivity contribution is -0.117. The molecule has 2 aromatic carbocycles. The van der Waals surface area contributed by atoms with Crippen molar-refractivity contribution in [2.24, 2.45) is 0 Å². The molecule has 27 heavy (non-hydrogen) atoms. The third-order valence-corrected chi connectivity index (χ3v) is 4.30. The highest BCUT2D eigenvalue weighted by Crippen LogP contribution is 2.21. The molecule has 0 radical (unpaired) electrons. The van der Waals surface area contributed by atoms with Crippen molar-refractivity contribution >= 4 is 29.1 Å². The molecule has 1 aliphatic rings.